The van der Waals surface area contributed by atoms with Gasteiger partial charge in [-0.15, -0.1) is 0 Å². The molecule has 0 radical (unpaired) electrons. The Labute approximate surface area is 140 Å². The fraction of sp³-hybridized carbons (Fsp3) is 0.947. The molecule has 2 N–H and O–H groups in total. The highest BCUT2D eigenvalue weighted by Gasteiger charge is 2.51. The number of carbonyl (C=O) groups excluding carboxylic acids is 1. The van der Waals surface area contributed by atoms with Crippen molar-refractivity contribution in [3.8, 4) is 0 Å². The van der Waals surface area contributed by atoms with E-state index in [4.69, 9.17) is 4.74 Å². The third-order valence-corrected chi connectivity index (χ3v) is 6.65. The number of ether oxygens (including phenoxy) is 1. The molecule has 0 aromatic heterocycles. The van der Waals surface area contributed by atoms with Crippen LogP contribution in [0.15, 0.2) is 0 Å². The van der Waals surface area contributed by atoms with Crippen molar-refractivity contribution < 1.29 is 19.5 Å². The molecule has 4 nitrogen and oxygen atoms in total. The van der Waals surface area contributed by atoms with Crippen molar-refractivity contribution in [3.63, 3.8) is 0 Å². The lowest BCUT2D eigenvalue weighted by Crippen LogP contribution is -3.12. The van der Waals surface area contributed by atoms with Gasteiger partial charge in [-0.1, -0.05) is 0 Å². The quantitative estimate of drug-likeness (QED) is 0.664. The summed E-state index contributed by atoms with van der Waals surface area (Å²) in [6.45, 7) is 7.05. The molecule has 4 rings (SSSR count). The minimum atomic E-state index is -0.537. The van der Waals surface area contributed by atoms with Gasteiger partial charge in [0, 0.05) is 0 Å². The first-order valence-corrected chi connectivity index (χ1v) is 9.69. The Morgan fingerprint density at radius 3 is 2.13 bits per heavy atom. The number of likely N-dealkylation sites (N-methyl/N-ethyl adjacent to an activating group) is 1. The molecular weight excluding hydrogens is 290 g/mol. The lowest BCUT2D eigenvalue weighted by atomic mass is 9.49. The molecule has 1 atom stereocenters. The average molecular weight is 324 g/mol. The normalized spacial score (nSPS) is 36.4. The Balaban J connectivity index is 1.44. The minimum absolute atomic E-state index is 0.0828. The van der Waals surface area contributed by atoms with Crippen molar-refractivity contribution in [1.82, 2.24) is 0 Å². The van der Waals surface area contributed by atoms with E-state index >= 15 is 0 Å². The van der Waals surface area contributed by atoms with Gasteiger partial charge in [-0.25, -0.2) is 0 Å². The SMILES string of the molecule is CC[NH+](CC)C[C@@H](O)COC(=O)CC12CC3CC(CC(C3)C1)C2. The zero-order chi connectivity index (χ0) is 16.4. The average Bonchev–Trinajstić information content (AvgIpc) is 2.48. The van der Waals surface area contributed by atoms with Gasteiger partial charge in [0.25, 0.3) is 0 Å². The molecule has 0 aromatic rings. The van der Waals surface area contributed by atoms with E-state index in [-0.39, 0.29) is 18.0 Å². The molecule has 0 aromatic carbocycles. The number of esters is 1. The van der Waals surface area contributed by atoms with Crippen molar-refractivity contribution >= 4 is 5.97 Å². The summed E-state index contributed by atoms with van der Waals surface area (Å²) in [5.41, 5.74) is 0.237. The standard InChI is InChI=1S/C19H33NO3/c1-3-20(4-2)12-17(21)13-23-18(22)11-19-8-14-5-15(9-19)7-16(6-14)10-19/h14-17,21H,3-13H2,1-2H3/p+1/t14?,15?,16?,17-,19?/m1/s1. The molecular formula is C19H34NO3+. The van der Waals surface area contributed by atoms with E-state index in [1.165, 1.54) is 43.4 Å². The smallest absolute Gasteiger partial charge is 0.306 e. The summed E-state index contributed by atoms with van der Waals surface area (Å²) in [5, 5.41) is 10.1. The predicted octanol–water partition coefficient (Wildman–Crippen LogP) is 1.42. The highest BCUT2D eigenvalue weighted by Crippen LogP contribution is 2.61. The van der Waals surface area contributed by atoms with Gasteiger partial charge in [0.2, 0.25) is 0 Å². The summed E-state index contributed by atoms with van der Waals surface area (Å²) in [5.74, 6) is 2.52. The summed E-state index contributed by atoms with van der Waals surface area (Å²) in [6.07, 6.45) is 7.96. The van der Waals surface area contributed by atoms with Gasteiger partial charge in [-0.05, 0) is 75.5 Å². The van der Waals surface area contributed by atoms with Crippen molar-refractivity contribution in [2.24, 2.45) is 23.2 Å². The highest BCUT2D eigenvalue weighted by atomic mass is 16.5. The molecule has 4 fully saturated rings. The molecule has 23 heavy (non-hydrogen) atoms. The number of rotatable bonds is 8. The van der Waals surface area contributed by atoms with Crippen molar-refractivity contribution in [1.29, 1.82) is 0 Å². The second kappa shape index (κ2) is 7.10. The number of nitrogens with one attached hydrogen (secondary N) is 1. The second-order valence-electron chi connectivity index (χ2n) is 8.59. The van der Waals surface area contributed by atoms with Crippen LogP contribution in [0.25, 0.3) is 0 Å². The second-order valence-corrected chi connectivity index (χ2v) is 8.59. The van der Waals surface area contributed by atoms with Crippen molar-refractivity contribution in [2.45, 2.75) is 64.9 Å². The minimum Gasteiger partial charge on any atom is -0.463 e. The lowest BCUT2D eigenvalue weighted by molar-refractivity contribution is -0.899. The van der Waals surface area contributed by atoms with Gasteiger partial charge in [-0.2, -0.15) is 0 Å². The summed E-state index contributed by atoms with van der Waals surface area (Å²) in [7, 11) is 0. The molecule has 4 saturated carbocycles. The molecule has 4 heteroatoms. The summed E-state index contributed by atoms with van der Waals surface area (Å²) in [6, 6.07) is 0. The zero-order valence-corrected chi connectivity index (χ0v) is 14.9. The number of quaternary nitrogens is 1. The van der Waals surface area contributed by atoms with Crippen LogP contribution in [0, 0.1) is 23.2 Å². The third kappa shape index (κ3) is 4.08. The number of hydrogen-bond acceptors (Lipinski definition) is 3. The van der Waals surface area contributed by atoms with E-state index in [9.17, 15) is 9.90 Å². The van der Waals surface area contributed by atoms with Gasteiger partial charge in [-0.3, -0.25) is 4.79 Å². The predicted molar refractivity (Wildman–Crippen MR) is 89.1 cm³/mol. The van der Waals surface area contributed by atoms with Gasteiger partial charge in [0.1, 0.15) is 19.3 Å². The number of carbonyl (C=O) groups is 1. The van der Waals surface area contributed by atoms with E-state index < -0.39 is 6.10 Å². The van der Waals surface area contributed by atoms with E-state index in [2.05, 4.69) is 13.8 Å². The molecule has 0 saturated heterocycles. The molecule has 0 heterocycles. The van der Waals surface area contributed by atoms with Crippen LogP contribution in [0.5, 0.6) is 0 Å². The topological polar surface area (TPSA) is 51.0 Å². The molecule has 0 spiro atoms. The summed E-state index contributed by atoms with van der Waals surface area (Å²) >= 11 is 0. The molecule has 0 aliphatic heterocycles. The first kappa shape index (κ1) is 17.2. The Morgan fingerprint density at radius 2 is 1.65 bits per heavy atom. The van der Waals surface area contributed by atoms with Crippen molar-refractivity contribution in [3.05, 3.63) is 0 Å². The van der Waals surface area contributed by atoms with Crippen LogP contribution >= 0.6 is 0 Å². The van der Waals surface area contributed by atoms with Crippen LogP contribution in [0.4, 0.5) is 0 Å². The van der Waals surface area contributed by atoms with E-state index in [0.717, 1.165) is 30.8 Å². The van der Waals surface area contributed by atoms with E-state index in [0.29, 0.717) is 13.0 Å². The zero-order valence-electron chi connectivity index (χ0n) is 14.9. The maximum Gasteiger partial charge on any atom is 0.306 e. The number of aliphatic hydroxyl groups is 1. The maximum atomic E-state index is 12.3. The number of hydrogen-bond donors (Lipinski definition) is 2. The Morgan fingerprint density at radius 1 is 1.13 bits per heavy atom. The van der Waals surface area contributed by atoms with Crippen LogP contribution in [0.3, 0.4) is 0 Å². The highest BCUT2D eigenvalue weighted by molar-refractivity contribution is 5.70. The third-order valence-electron chi connectivity index (χ3n) is 6.65. The molecule has 0 amide bonds. The number of aliphatic hydroxyl groups excluding tert-OH is 1. The fourth-order valence-electron chi connectivity index (χ4n) is 5.98. The van der Waals surface area contributed by atoms with Crippen LogP contribution in [0.2, 0.25) is 0 Å². The first-order chi connectivity index (χ1) is 11.0. The van der Waals surface area contributed by atoms with E-state index in [1.807, 2.05) is 0 Å². The lowest BCUT2D eigenvalue weighted by Gasteiger charge is -2.56. The van der Waals surface area contributed by atoms with E-state index in [1.54, 1.807) is 0 Å². The van der Waals surface area contributed by atoms with Gasteiger partial charge in [0.05, 0.1) is 19.5 Å². The van der Waals surface area contributed by atoms with Crippen LogP contribution < -0.4 is 4.90 Å². The largest absolute Gasteiger partial charge is 0.463 e. The Hall–Kier alpha value is -0.610. The Bertz CT molecular complexity index is 384. The van der Waals surface area contributed by atoms with Crippen LogP contribution in [-0.2, 0) is 9.53 Å². The van der Waals surface area contributed by atoms with Crippen LogP contribution in [-0.4, -0.2) is 43.4 Å². The molecule has 4 aliphatic rings. The van der Waals surface area contributed by atoms with Crippen LogP contribution in [0.1, 0.15) is 58.8 Å². The molecule has 4 aliphatic carbocycles. The molecule has 0 unspecified atom stereocenters. The first-order valence-electron chi connectivity index (χ1n) is 9.69. The maximum absolute atomic E-state index is 12.3. The monoisotopic (exact) mass is 324 g/mol. The van der Waals surface area contributed by atoms with Crippen molar-refractivity contribution in [2.75, 3.05) is 26.2 Å². The fourth-order valence-corrected chi connectivity index (χ4v) is 5.98. The van der Waals surface area contributed by atoms with Gasteiger partial charge >= 0.3 is 5.97 Å². The van der Waals surface area contributed by atoms with Gasteiger partial charge < -0.3 is 14.7 Å². The Kier molecular flexibility index (Phi) is 5.32. The molecule has 132 valence electrons. The molecule has 4 bridgehead atoms. The summed E-state index contributed by atoms with van der Waals surface area (Å²) < 4.78 is 5.43. The van der Waals surface area contributed by atoms with Gasteiger partial charge in [0.15, 0.2) is 0 Å². The summed E-state index contributed by atoms with van der Waals surface area (Å²) in [4.78, 5) is 13.7.